The van der Waals surface area contributed by atoms with E-state index in [1.807, 2.05) is 0 Å². The second-order valence-electron chi connectivity index (χ2n) is 3.16. The zero-order valence-electron chi connectivity index (χ0n) is 7.79. The number of aliphatic hydroxyl groups excluding tert-OH is 3. The Morgan fingerprint density at radius 2 is 2.00 bits per heavy atom. The average molecular weight is 226 g/mol. The Labute approximate surface area is 82.3 Å². The number of hydrogen-bond donors (Lipinski definition) is 3. The molecule has 1 unspecified atom stereocenters. The van der Waals surface area contributed by atoms with Crippen LogP contribution in [0.25, 0.3) is 0 Å². The predicted molar refractivity (Wildman–Crippen MR) is 48.4 cm³/mol. The second kappa shape index (κ2) is 5.21. The number of hydrogen-bond acceptors (Lipinski definition) is 6. The van der Waals surface area contributed by atoms with E-state index in [0.717, 1.165) is 0 Å². The van der Waals surface area contributed by atoms with Crippen molar-refractivity contribution in [2.24, 2.45) is 0 Å². The smallest absolute Gasteiger partial charge is 0.191 e. The van der Waals surface area contributed by atoms with Gasteiger partial charge < -0.3 is 24.6 Å². The molecule has 0 saturated carbocycles. The summed E-state index contributed by atoms with van der Waals surface area (Å²) in [7, 11) is -0.734. The Kier molecular flexibility index (Phi) is 4.50. The predicted octanol–water partition coefficient (Wildman–Crippen LogP) is -1.06. The monoisotopic (exact) mass is 226 g/mol. The first-order valence-corrected chi connectivity index (χ1v) is 5.85. The van der Waals surface area contributed by atoms with Gasteiger partial charge in [0.2, 0.25) is 0 Å². The first-order valence-electron chi connectivity index (χ1n) is 4.32. The largest absolute Gasteiger partial charge is 0.387 e. The minimum absolute atomic E-state index is 0.266. The summed E-state index contributed by atoms with van der Waals surface area (Å²) in [4.78, 5) is 0. The number of aliphatic hydroxyl groups is 3. The first kappa shape index (κ1) is 12.1. The van der Waals surface area contributed by atoms with Crippen LogP contribution in [0.3, 0.4) is 0 Å². The third-order valence-corrected chi connectivity index (χ3v) is 3.35. The summed E-state index contributed by atoms with van der Waals surface area (Å²) in [5, 5.41) is 27.5. The molecule has 0 aromatic heterocycles. The highest BCUT2D eigenvalue weighted by Crippen LogP contribution is 2.27. The van der Waals surface area contributed by atoms with E-state index in [2.05, 4.69) is 4.52 Å². The fourth-order valence-electron chi connectivity index (χ4n) is 1.33. The van der Waals surface area contributed by atoms with E-state index < -0.39 is 32.6 Å². The van der Waals surface area contributed by atoms with Crippen molar-refractivity contribution < 1.29 is 29.1 Å². The van der Waals surface area contributed by atoms with Crippen molar-refractivity contribution in [2.75, 3.05) is 13.3 Å². The Balaban J connectivity index is 2.36. The maximum atomic E-state index is 10.9. The lowest BCUT2D eigenvalue weighted by Gasteiger charge is -2.13. The van der Waals surface area contributed by atoms with Crippen LogP contribution in [0.4, 0.5) is 0 Å². The van der Waals surface area contributed by atoms with Gasteiger partial charge >= 0.3 is 0 Å². The molecule has 84 valence electrons. The maximum Gasteiger partial charge on any atom is 0.191 e. The Morgan fingerprint density at radius 3 is 2.43 bits per heavy atom. The average Bonchev–Trinajstić information content (AvgIpc) is 2.42. The zero-order chi connectivity index (χ0) is 10.7. The fourth-order valence-corrected chi connectivity index (χ4v) is 2.05. The van der Waals surface area contributed by atoms with E-state index in [0.29, 0.717) is 6.42 Å². The molecule has 5 atom stereocenters. The SMILES string of the molecule is CO[PH](=O)CC[C@H]1O[C@@H](O)[C@H](O)[C@@H]1O. The normalized spacial score (nSPS) is 40.0. The molecule has 1 fully saturated rings. The third-order valence-electron chi connectivity index (χ3n) is 2.20. The van der Waals surface area contributed by atoms with Crippen molar-refractivity contribution in [1.82, 2.24) is 0 Å². The summed E-state index contributed by atoms with van der Waals surface area (Å²) in [5.41, 5.74) is 0. The van der Waals surface area contributed by atoms with E-state index in [-0.39, 0.29) is 6.16 Å². The van der Waals surface area contributed by atoms with Crippen LogP contribution in [0.2, 0.25) is 0 Å². The Hall–Kier alpha value is 0.0300. The molecule has 6 nitrogen and oxygen atoms in total. The standard InChI is InChI=1S/C7H15O6P/c1-12-14(11)3-2-4-5(8)6(9)7(10)13-4/h4-10,14H,2-3H2,1H3/t4-,5-,6-,7-/m1/s1. The molecule has 1 aliphatic heterocycles. The molecule has 1 aliphatic rings. The van der Waals surface area contributed by atoms with Gasteiger partial charge in [0.15, 0.2) is 14.3 Å². The summed E-state index contributed by atoms with van der Waals surface area (Å²) < 4.78 is 20.4. The van der Waals surface area contributed by atoms with E-state index in [1.165, 1.54) is 7.11 Å². The summed E-state index contributed by atoms with van der Waals surface area (Å²) in [6, 6.07) is 0. The first-order chi connectivity index (χ1) is 6.56. The van der Waals surface area contributed by atoms with Crippen LogP contribution in [-0.4, -0.2) is 53.2 Å². The van der Waals surface area contributed by atoms with Crippen molar-refractivity contribution in [1.29, 1.82) is 0 Å². The van der Waals surface area contributed by atoms with Gasteiger partial charge in [0.25, 0.3) is 0 Å². The van der Waals surface area contributed by atoms with Crippen molar-refractivity contribution in [3.8, 4) is 0 Å². The van der Waals surface area contributed by atoms with E-state index in [1.54, 1.807) is 0 Å². The van der Waals surface area contributed by atoms with Gasteiger partial charge in [-0.2, -0.15) is 0 Å². The van der Waals surface area contributed by atoms with Gasteiger partial charge in [-0.1, -0.05) is 0 Å². The van der Waals surface area contributed by atoms with Crippen LogP contribution in [0.5, 0.6) is 0 Å². The van der Waals surface area contributed by atoms with E-state index >= 15 is 0 Å². The summed E-state index contributed by atoms with van der Waals surface area (Å²) in [6.07, 6.45) is -3.89. The highest BCUT2D eigenvalue weighted by atomic mass is 31.1. The molecule has 1 saturated heterocycles. The molecule has 0 amide bonds. The Morgan fingerprint density at radius 1 is 1.36 bits per heavy atom. The number of rotatable bonds is 4. The molecule has 0 aliphatic carbocycles. The van der Waals surface area contributed by atoms with Crippen molar-refractivity contribution in [3.05, 3.63) is 0 Å². The van der Waals surface area contributed by atoms with Crippen LogP contribution < -0.4 is 0 Å². The van der Waals surface area contributed by atoms with Crippen LogP contribution in [0.15, 0.2) is 0 Å². The van der Waals surface area contributed by atoms with Gasteiger partial charge in [-0.3, -0.25) is 4.57 Å². The molecule has 1 heterocycles. The highest BCUT2D eigenvalue weighted by molar-refractivity contribution is 7.39. The second-order valence-corrected chi connectivity index (χ2v) is 4.81. The summed E-state index contributed by atoms with van der Waals surface area (Å²) >= 11 is 0. The summed E-state index contributed by atoms with van der Waals surface area (Å²) in [5.74, 6) is 0. The van der Waals surface area contributed by atoms with Crippen molar-refractivity contribution in [2.45, 2.75) is 31.0 Å². The van der Waals surface area contributed by atoms with E-state index in [9.17, 15) is 9.67 Å². The molecule has 0 spiro atoms. The van der Waals surface area contributed by atoms with E-state index in [4.69, 9.17) is 14.9 Å². The van der Waals surface area contributed by atoms with Crippen LogP contribution in [-0.2, 0) is 13.8 Å². The number of ether oxygens (including phenoxy) is 1. The fraction of sp³-hybridized carbons (Fsp3) is 1.00. The van der Waals surface area contributed by atoms with Gasteiger partial charge in [-0.05, 0) is 6.42 Å². The van der Waals surface area contributed by atoms with Crippen molar-refractivity contribution >= 4 is 8.03 Å². The van der Waals surface area contributed by atoms with Gasteiger partial charge in [0, 0.05) is 13.3 Å². The van der Waals surface area contributed by atoms with Crippen LogP contribution in [0.1, 0.15) is 6.42 Å². The lowest BCUT2D eigenvalue weighted by molar-refractivity contribution is -0.127. The molecule has 0 radical (unpaired) electrons. The highest BCUT2D eigenvalue weighted by Gasteiger charge is 2.41. The molecule has 1 rings (SSSR count). The van der Waals surface area contributed by atoms with Gasteiger partial charge in [0.1, 0.15) is 12.2 Å². The lowest BCUT2D eigenvalue weighted by Crippen LogP contribution is -2.32. The summed E-state index contributed by atoms with van der Waals surface area (Å²) in [6.45, 7) is 0. The molecule has 7 heteroatoms. The van der Waals surface area contributed by atoms with Crippen molar-refractivity contribution in [3.63, 3.8) is 0 Å². The minimum Gasteiger partial charge on any atom is -0.387 e. The van der Waals surface area contributed by atoms with Crippen LogP contribution in [0, 0.1) is 0 Å². The molecule has 14 heavy (non-hydrogen) atoms. The molecular weight excluding hydrogens is 211 g/mol. The maximum absolute atomic E-state index is 10.9. The molecule has 0 aromatic rings. The van der Waals surface area contributed by atoms with Gasteiger partial charge in [-0.15, -0.1) is 0 Å². The molecule has 0 bridgehead atoms. The quantitative estimate of drug-likeness (QED) is 0.528. The molecular formula is C7H15O6P. The van der Waals surface area contributed by atoms with Gasteiger partial charge in [0.05, 0.1) is 6.10 Å². The third kappa shape index (κ3) is 2.76. The molecule has 3 N–H and O–H groups in total. The van der Waals surface area contributed by atoms with Gasteiger partial charge in [-0.25, -0.2) is 0 Å². The minimum atomic E-state index is -2.08. The van der Waals surface area contributed by atoms with Crippen LogP contribution >= 0.6 is 8.03 Å². The zero-order valence-corrected chi connectivity index (χ0v) is 8.79. The molecule has 0 aromatic carbocycles. The topological polar surface area (TPSA) is 96.2 Å². The Bertz CT molecular complexity index is 210. The lowest BCUT2D eigenvalue weighted by atomic mass is 10.1.